The van der Waals surface area contributed by atoms with Crippen LogP contribution in [-0.4, -0.2) is 0 Å². The maximum atomic E-state index is 5.70. The molecule has 0 aromatic heterocycles. The van der Waals surface area contributed by atoms with Gasteiger partial charge in [-0.2, -0.15) is 10.2 Å². The van der Waals surface area contributed by atoms with Crippen molar-refractivity contribution in [1.29, 1.82) is 0 Å². The molecule has 3 aromatic carbocycles. The number of nitrogen functional groups attached to an aromatic ring is 1. The number of nitrogens with two attached hydrogens (primary N) is 1. The average molecular weight is 288 g/mol. The van der Waals surface area contributed by atoms with E-state index >= 15 is 0 Å². The summed E-state index contributed by atoms with van der Waals surface area (Å²) in [4.78, 5) is 0. The predicted octanol–water partition coefficient (Wildman–Crippen LogP) is 5.28. The lowest BCUT2D eigenvalue weighted by Gasteiger charge is -2.04. The second-order valence-electron chi connectivity index (χ2n) is 4.62. The van der Waals surface area contributed by atoms with Crippen LogP contribution >= 0.6 is 0 Å². The maximum Gasteiger partial charge on any atom is 0.127 e. The van der Waals surface area contributed by atoms with Crippen molar-refractivity contribution in [2.24, 2.45) is 10.2 Å². The molecule has 0 aliphatic rings. The van der Waals surface area contributed by atoms with Gasteiger partial charge in [0.15, 0.2) is 0 Å². The monoisotopic (exact) mass is 288 g/mol. The largest absolute Gasteiger partial charge is 0.457 e. The van der Waals surface area contributed by atoms with Gasteiger partial charge in [0.1, 0.15) is 11.5 Å². The summed E-state index contributed by atoms with van der Waals surface area (Å²) in [6.07, 6.45) is 0. The van der Waals surface area contributed by atoms with Gasteiger partial charge in [0.2, 0.25) is 0 Å². The Kier molecular flexibility index (Phi) is 4.11. The number of anilines is 1. The topological polar surface area (TPSA) is 60.0 Å². The Balaban J connectivity index is 1.67. The fraction of sp³-hybridized carbons (Fsp3) is 0. The molecule has 0 aliphatic heterocycles. The third-order valence-electron chi connectivity index (χ3n) is 2.93. The van der Waals surface area contributed by atoms with Crippen molar-refractivity contribution in [3.05, 3.63) is 78.9 Å². The van der Waals surface area contributed by atoms with Crippen LogP contribution in [0.1, 0.15) is 0 Å². The minimum atomic E-state index is 0.707. The molecule has 22 heavy (non-hydrogen) atoms. The molecular weight excluding hydrogens is 274 g/mol. The van der Waals surface area contributed by atoms with E-state index in [1.54, 1.807) is 12.1 Å². The first kappa shape index (κ1) is 13.8. The van der Waals surface area contributed by atoms with Gasteiger partial charge in [0, 0.05) is 5.69 Å². The molecule has 4 heteroatoms. The van der Waals surface area contributed by atoms with Gasteiger partial charge < -0.3 is 10.5 Å². The van der Waals surface area contributed by atoms with Crippen molar-refractivity contribution in [1.82, 2.24) is 0 Å². The Labute approximate surface area is 128 Å². The molecule has 0 saturated carbocycles. The zero-order valence-electron chi connectivity index (χ0n) is 11.8. The fourth-order valence-corrected chi connectivity index (χ4v) is 1.81. The van der Waals surface area contributed by atoms with Crippen molar-refractivity contribution in [2.75, 3.05) is 5.73 Å². The maximum absolute atomic E-state index is 5.70. The number of hydrogen-bond acceptors (Lipinski definition) is 4. The molecule has 4 nitrogen and oxygen atoms in total. The van der Waals surface area contributed by atoms with Crippen LogP contribution in [0.25, 0.3) is 0 Å². The van der Waals surface area contributed by atoms with Gasteiger partial charge in [-0.1, -0.05) is 12.1 Å². The summed E-state index contributed by atoms with van der Waals surface area (Å²) in [5.41, 5.74) is 7.85. The lowest BCUT2D eigenvalue weighted by Crippen LogP contribution is -1.82. The first-order valence-electron chi connectivity index (χ1n) is 6.81. The highest BCUT2D eigenvalue weighted by Crippen LogP contribution is 2.25. The summed E-state index contributed by atoms with van der Waals surface area (Å²) in [6, 6.07) is 24.9. The quantitative estimate of drug-likeness (QED) is 0.524. The highest BCUT2D eigenvalue weighted by atomic mass is 16.5. The van der Waals surface area contributed by atoms with Crippen LogP contribution in [0.15, 0.2) is 83.0 Å². The van der Waals surface area contributed by atoms with E-state index in [9.17, 15) is 0 Å². The summed E-state index contributed by atoms with van der Waals surface area (Å²) in [5.74, 6) is 1.52. The fourth-order valence-electron chi connectivity index (χ4n) is 1.81. The molecular formula is C18H14N3O. The third kappa shape index (κ3) is 3.70. The van der Waals surface area contributed by atoms with E-state index in [-0.39, 0.29) is 0 Å². The molecule has 0 fully saturated rings. The summed E-state index contributed by atoms with van der Waals surface area (Å²) in [6.45, 7) is 0. The molecule has 107 valence electrons. The van der Waals surface area contributed by atoms with Gasteiger partial charge in [-0.05, 0) is 66.7 Å². The van der Waals surface area contributed by atoms with Crippen molar-refractivity contribution >= 4 is 17.1 Å². The lowest BCUT2D eigenvalue weighted by molar-refractivity contribution is 0.482. The number of rotatable bonds is 4. The molecule has 0 spiro atoms. The lowest BCUT2D eigenvalue weighted by atomic mass is 10.3. The molecule has 0 saturated heterocycles. The van der Waals surface area contributed by atoms with E-state index in [2.05, 4.69) is 16.3 Å². The second kappa shape index (κ2) is 6.54. The van der Waals surface area contributed by atoms with Crippen LogP contribution in [0, 0.1) is 6.07 Å². The van der Waals surface area contributed by atoms with Crippen LogP contribution in [-0.2, 0) is 0 Å². The standard InChI is InChI=1S/C18H14N3O/c19-14-6-8-15(9-7-14)20-21-16-10-12-18(13-11-16)22-17-4-2-1-3-5-17/h2-13H,19H2. The van der Waals surface area contributed by atoms with E-state index in [4.69, 9.17) is 10.5 Å². The summed E-state index contributed by atoms with van der Waals surface area (Å²) in [7, 11) is 0. The van der Waals surface area contributed by atoms with Crippen LogP contribution in [0.5, 0.6) is 11.5 Å². The minimum Gasteiger partial charge on any atom is -0.457 e. The number of nitrogens with zero attached hydrogens (tertiary/aromatic N) is 2. The first-order valence-corrected chi connectivity index (χ1v) is 6.81. The molecule has 3 rings (SSSR count). The Bertz CT molecular complexity index is 751. The van der Waals surface area contributed by atoms with Gasteiger partial charge in [0.05, 0.1) is 11.4 Å². The smallest absolute Gasteiger partial charge is 0.127 e. The molecule has 0 amide bonds. The third-order valence-corrected chi connectivity index (χ3v) is 2.93. The van der Waals surface area contributed by atoms with Crippen molar-refractivity contribution in [3.8, 4) is 11.5 Å². The Morgan fingerprint density at radius 1 is 0.682 bits per heavy atom. The highest BCUT2D eigenvalue weighted by molar-refractivity contribution is 5.48. The van der Waals surface area contributed by atoms with E-state index < -0.39 is 0 Å². The van der Waals surface area contributed by atoms with Gasteiger partial charge in [-0.15, -0.1) is 0 Å². The molecule has 0 unspecified atom stereocenters. The average Bonchev–Trinajstić information content (AvgIpc) is 2.57. The molecule has 0 heterocycles. The van der Waals surface area contributed by atoms with E-state index in [0.717, 1.165) is 22.9 Å². The van der Waals surface area contributed by atoms with E-state index in [0.29, 0.717) is 5.69 Å². The predicted molar refractivity (Wildman–Crippen MR) is 86.8 cm³/mol. The number of benzene rings is 3. The zero-order chi connectivity index (χ0) is 15.2. The Morgan fingerprint density at radius 2 is 1.18 bits per heavy atom. The molecule has 1 radical (unpaired) electrons. The first-order chi connectivity index (χ1) is 10.8. The number of azo groups is 1. The number of hydrogen-bond donors (Lipinski definition) is 1. The van der Waals surface area contributed by atoms with Crippen molar-refractivity contribution in [2.45, 2.75) is 0 Å². The minimum absolute atomic E-state index is 0.707. The van der Waals surface area contributed by atoms with Crippen molar-refractivity contribution in [3.63, 3.8) is 0 Å². The number of ether oxygens (including phenoxy) is 1. The summed E-state index contributed by atoms with van der Waals surface area (Å²) >= 11 is 0. The summed E-state index contributed by atoms with van der Waals surface area (Å²) in [5, 5.41) is 8.33. The SMILES string of the molecule is Nc1ccc(N=Nc2ccc(Oc3cc[c]cc3)cc2)cc1. The molecule has 0 aliphatic carbocycles. The zero-order valence-corrected chi connectivity index (χ0v) is 11.8. The highest BCUT2D eigenvalue weighted by Gasteiger charge is 1.97. The normalized spacial score (nSPS) is 10.7. The van der Waals surface area contributed by atoms with Crippen LogP contribution in [0.2, 0.25) is 0 Å². The van der Waals surface area contributed by atoms with Gasteiger partial charge >= 0.3 is 0 Å². The molecule has 3 aromatic rings. The van der Waals surface area contributed by atoms with Crippen LogP contribution in [0.4, 0.5) is 17.1 Å². The Hall–Kier alpha value is -3.14. The molecule has 2 N–H and O–H groups in total. The van der Waals surface area contributed by atoms with E-state index in [1.165, 1.54) is 0 Å². The van der Waals surface area contributed by atoms with Crippen molar-refractivity contribution < 1.29 is 4.74 Å². The van der Waals surface area contributed by atoms with E-state index in [1.807, 2.05) is 60.7 Å². The second-order valence-corrected chi connectivity index (χ2v) is 4.62. The van der Waals surface area contributed by atoms with Crippen LogP contribution < -0.4 is 10.5 Å². The van der Waals surface area contributed by atoms with Gasteiger partial charge in [-0.3, -0.25) is 0 Å². The molecule has 0 bridgehead atoms. The molecule has 0 atom stereocenters. The van der Waals surface area contributed by atoms with Gasteiger partial charge in [-0.25, -0.2) is 0 Å². The van der Waals surface area contributed by atoms with Crippen LogP contribution in [0.3, 0.4) is 0 Å². The summed E-state index contributed by atoms with van der Waals surface area (Å²) < 4.78 is 5.70. The van der Waals surface area contributed by atoms with Gasteiger partial charge in [0.25, 0.3) is 0 Å². The Morgan fingerprint density at radius 3 is 1.77 bits per heavy atom.